The lowest BCUT2D eigenvalue weighted by atomic mass is 9.90. The topological polar surface area (TPSA) is 436 Å². The minimum Gasteiger partial charge on any atom is -0.479 e. The Morgan fingerprint density at radius 2 is 1.18 bits per heavy atom. The molecule has 1 aromatic rings. The zero-order valence-corrected chi connectivity index (χ0v) is 40.5. The van der Waals surface area contributed by atoms with Gasteiger partial charge in [0.25, 0.3) is 5.91 Å². The number of amides is 5. The number of aliphatic hydroxyl groups excluding tert-OH is 7. The Bertz CT molecular complexity index is 2070. The molecule has 5 amide bonds. The first-order chi connectivity index (χ1) is 34.5. The molecule has 14 N–H and O–H groups in total. The number of aliphatic hydroxyl groups is 7. The highest BCUT2D eigenvalue weighted by Crippen LogP contribution is 2.35. The third kappa shape index (κ3) is 14.7. The van der Waals surface area contributed by atoms with Crippen LogP contribution in [-0.4, -0.2) is 242 Å². The van der Waals surface area contributed by atoms with Gasteiger partial charge in [0, 0.05) is 44.2 Å². The van der Waals surface area contributed by atoms with Crippen LogP contribution < -0.4 is 26.6 Å². The summed E-state index contributed by atoms with van der Waals surface area (Å²) in [5, 5.41) is 110. The summed E-state index contributed by atoms with van der Waals surface area (Å²) >= 11 is 4.13. The van der Waals surface area contributed by atoms with E-state index >= 15 is 0 Å². The van der Waals surface area contributed by atoms with E-state index < -0.39 is 183 Å². The standard InChI is InChI=1S/C43H63N5O24S/c1-15-25(52)29(56)41(68-31(15)38(60)61)70-33-24(47-18(4)51)40(67-22(27(33)54)13-65-43(64)45-11-10-44-37(59)20(14-73)48-36(58)19-8-6-5-7-9-19)71-34-28(55)30(57)42(72-35(34)39(62)63)69-32-23(46-17(3)50)16(2)66-21(12-49)26(32)53/h5-9,15-16,20-35,40-42,49,52-57,73H,10-14H2,1-4H3,(H,44,59)(H,45,64)(H,46,50)(H,47,51)(H,48,58)(H,60,61)(H,62,63)/t15-,16-,20+,21?,22?,23?,24?,25-,26+,27+,28+,29?,30?,31?,32+,33+,34-,35?,40-,41-,42+/m0/s1. The van der Waals surface area contributed by atoms with Crippen molar-refractivity contribution in [3.8, 4) is 0 Å². The second kappa shape index (κ2) is 26.5. The van der Waals surface area contributed by atoms with Gasteiger partial charge >= 0.3 is 18.0 Å². The van der Waals surface area contributed by atoms with Crippen molar-refractivity contribution >= 4 is 54.3 Å². The van der Waals surface area contributed by atoms with E-state index in [0.717, 1.165) is 13.8 Å². The number of benzene rings is 1. The van der Waals surface area contributed by atoms with Gasteiger partial charge in [-0.15, -0.1) is 0 Å². The van der Waals surface area contributed by atoms with Gasteiger partial charge in [0.15, 0.2) is 31.1 Å². The Balaban J connectivity index is 1.35. The summed E-state index contributed by atoms with van der Waals surface area (Å²) in [4.78, 5) is 88.1. The number of alkyl carbamates (subject to hydrolysis) is 1. The van der Waals surface area contributed by atoms with E-state index in [1.165, 1.54) is 13.8 Å². The van der Waals surface area contributed by atoms with Crippen LogP contribution >= 0.6 is 12.6 Å². The van der Waals surface area contributed by atoms with E-state index in [4.69, 9.17) is 37.9 Å². The fraction of sp³-hybridized carbons (Fsp3) is 0.698. The number of thiol groups is 1. The fourth-order valence-corrected chi connectivity index (χ4v) is 8.73. The number of nitrogens with one attached hydrogen (secondary N) is 5. The Labute approximate surface area is 421 Å². The van der Waals surface area contributed by atoms with Crippen molar-refractivity contribution in [3.05, 3.63) is 35.9 Å². The predicted octanol–water partition coefficient (Wildman–Crippen LogP) is -6.35. The summed E-state index contributed by atoms with van der Waals surface area (Å²) in [5.41, 5.74) is 0.296. The molecular formula is C43H63N5O24S. The van der Waals surface area contributed by atoms with Gasteiger partial charge in [-0.25, -0.2) is 14.4 Å². The maximum absolute atomic E-state index is 12.9. The van der Waals surface area contributed by atoms with E-state index in [1.54, 1.807) is 30.3 Å². The monoisotopic (exact) mass is 1070 g/mol. The lowest BCUT2D eigenvalue weighted by Crippen LogP contribution is -2.70. The fourth-order valence-electron chi connectivity index (χ4n) is 8.47. The molecule has 4 saturated heterocycles. The average Bonchev–Trinajstić information content (AvgIpc) is 3.34. The molecule has 1 aromatic carbocycles. The minimum atomic E-state index is -2.32. The lowest BCUT2D eigenvalue weighted by molar-refractivity contribution is -0.365. The Hall–Kier alpha value is -4.90. The van der Waals surface area contributed by atoms with Crippen LogP contribution in [0.3, 0.4) is 0 Å². The van der Waals surface area contributed by atoms with Crippen LogP contribution in [0.25, 0.3) is 0 Å². The summed E-state index contributed by atoms with van der Waals surface area (Å²) < 4.78 is 45.5. The summed E-state index contributed by atoms with van der Waals surface area (Å²) in [6.45, 7) is 2.71. The van der Waals surface area contributed by atoms with Gasteiger partial charge in [0.2, 0.25) is 17.7 Å². The summed E-state index contributed by atoms with van der Waals surface area (Å²) in [7, 11) is 0. The van der Waals surface area contributed by atoms with Crippen LogP contribution in [0.15, 0.2) is 30.3 Å². The highest BCUT2D eigenvalue weighted by molar-refractivity contribution is 7.80. The third-order valence-corrected chi connectivity index (χ3v) is 12.7. The van der Waals surface area contributed by atoms with Crippen molar-refractivity contribution in [2.75, 3.05) is 32.1 Å². The summed E-state index contributed by atoms with van der Waals surface area (Å²) in [6, 6.07) is 3.97. The number of aliphatic carboxylic acids is 2. The molecule has 410 valence electrons. The number of hydrogen-bond acceptors (Lipinski definition) is 23. The van der Waals surface area contributed by atoms with Crippen molar-refractivity contribution in [3.63, 3.8) is 0 Å². The molecule has 0 aliphatic carbocycles. The van der Waals surface area contributed by atoms with E-state index in [9.17, 15) is 79.5 Å². The molecule has 4 aliphatic rings. The molecule has 0 radical (unpaired) electrons. The zero-order valence-electron chi connectivity index (χ0n) is 39.6. The number of carboxylic acid groups (broad SMARTS) is 2. The summed E-state index contributed by atoms with van der Waals surface area (Å²) in [5.74, 6) is -7.42. The normalized spacial score (nSPS) is 36.9. The van der Waals surface area contributed by atoms with Gasteiger partial charge in [-0.3, -0.25) is 19.2 Å². The second-order valence-electron chi connectivity index (χ2n) is 17.6. The predicted molar refractivity (Wildman–Crippen MR) is 242 cm³/mol. The van der Waals surface area contributed by atoms with Crippen molar-refractivity contribution < 1.29 is 117 Å². The molecule has 4 fully saturated rings. The van der Waals surface area contributed by atoms with Gasteiger partial charge in [0.05, 0.1) is 24.9 Å². The van der Waals surface area contributed by atoms with Crippen LogP contribution in [-0.2, 0) is 61.9 Å². The Morgan fingerprint density at radius 1 is 0.644 bits per heavy atom. The van der Waals surface area contributed by atoms with E-state index in [-0.39, 0.29) is 18.8 Å². The number of carbonyl (C=O) groups is 7. The Morgan fingerprint density at radius 3 is 1.75 bits per heavy atom. The molecule has 4 aliphatic heterocycles. The maximum Gasteiger partial charge on any atom is 0.407 e. The van der Waals surface area contributed by atoms with Crippen LogP contribution in [0.1, 0.15) is 38.1 Å². The molecule has 30 heteroatoms. The lowest BCUT2D eigenvalue weighted by Gasteiger charge is -2.50. The van der Waals surface area contributed by atoms with E-state index in [1.807, 2.05) is 0 Å². The molecule has 4 heterocycles. The molecule has 21 atom stereocenters. The van der Waals surface area contributed by atoms with Crippen molar-refractivity contribution in [2.24, 2.45) is 5.92 Å². The maximum atomic E-state index is 12.9. The SMILES string of the molecule is CC(=O)NC1[C@H](O[C@@H]2C(C(=O)O)O[C@@H](O[C@@H]3C(NC(C)=O)[C@H](C)OC(CO)[C@H]3O)C(O)[C@H]2O)OC(COC(=O)NCCNC(=O)[C@@H](CS)NC(=O)c2ccccc2)[C@@H](O)[C@@H]1O[C@@H]1OC(C(=O)O)[C@@H](C)[C@H](O)C1O. The first-order valence-electron chi connectivity index (χ1n) is 22.9. The minimum absolute atomic E-state index is 0.0817. The highest BCUT2D eigenvalue weighted by Gasteiger charge is 2.57. The molecule has 73 heavy (non-hydrogen) atoms. The van der Waals surface area contributed by atoms with Gasteiger partial charge in [-0.05, 0) is 19.1 Å². The number of hydrogen-bond donors (Lipinski definition) is 15. The van der Waals surface area contributed by atoms with Gasteiger partial charge in [0.1, 0.15) is 79.7 Å². The first-order valence-corrected chi connectivity index (χ1v) is 23.5. The van der Waals surface area contributed by atoms with Crippen LogP contribution in [0, 0.1) is 5.92 Å². The highest BCUT2D eigenvalue weighted by atomic mass is 32.1. The van der Waals surface area contributed by atoms with E-state index in [2.05, 4.69) is 39.2 Å². The second-order valence-corrected chi connectivity index (χ2v) is 17.9. The van der Waals surface area contributed by atoms with E-state index in [0.29, 0.717) is 5.56 Å². The summed E-state index contributed by atoms with van der Waals surface area (Å²) in [6.07, 6.45) is -33.6. The Kier molecular flexibility index (Phi) is 21.4. The zero-order chi connectivity index (χ0) is 54.0. The van der Waals surface area contributed by atoms with Crippen LogP contribution in [0.4, 0.5) is 4.79 Å². The number of carbonyl (C=O) groups excluding carboxylic acids is 5. The smallest absolute Gasteiger partial charge is 0.407 e. The average molecular weight is 1070 g/mol. The number of carboxylic acids is 2. The molecule has 0 aromatic heterocycles. The number of rotatable bonds is 20. The molecule has 29 nitrogen and oxygen atoms in total. The molecule has 0 bridgehead atoms. The largest absolute Gasteiger partial charge is 0.479 e. The molecule has 5 rings (SSSR count). The van der Waals surface area contributed by atoms with Gasteiger partial charge in [-0.2, -0.15) is 12.6 Å². The van der Waals surface area contributed by atoms with Crippen LogP contribution in [0.2, 0.25) is 0 Å². The van der Waals surface area contributed by atoms with Crippen LogP contribution in [0.5, 0.6) is 0 Å². The molecule has 0 spiro atoms. The molecule has 8 unspecified atom stereocenters. The van der Waals surface area contributed by atoms with Gasteiger partial charge < -0.3 is 110 Å². The van der Waals surface area contributed by atoms with Crippen molar-refractivity contribution in [1.29, 1.82) is 0 Å². The van der Waals surface area contributed by atoms with Crippen molar-refractivity contribution in [2.45, 2.75) is 150 Å². The number of ether oxygens (including phenoxy) is 8. The quantitative estimate of drug-likeness (QED) is 0.0427. The van der Waals surface area contributed by atoms with Gasteiger partial charge in [-0.1, -0.05) is 25.1 Å². The molecular weight excluding hydrogens is 1000 g/mol. The van der Waals surface area contributed by atoms with Crippen molar-refractivity contribution in [1.82, 2.24) is 26.6 Å². The molecule has 0 saturated carbocycles. The third-order valence-electron chi connectivity index (χ3n) is 12.3. The first kappa shape index (κ1) is 59.0.